The molecule has 2 rings (SSSR count). The van der Waals surface area contributed by atoms with E-state index < -0.39 is 35.4 Å². The van der Waals surface area contributed by atoms with Crippen LogP contribution in [0.25, 0.3) is 0 Å². The van der Waals surface area contributed by atoms with Gasteiger partial charge in [0.05, 0.1) is 12.1 Å². The minimum Gasteiger partial charge on any atom is -0.396 e. The fraction of sp³-hybridized carbons (Fsp3) is 0.600. The predicted octanol–water partition coefficient (Wildman–Crippen LogP) is -2.19. The van der Waals surface area contributed by atoms with Gasteiger partial charge in [0.15, 0.2) is 0 Å². The van der Waals surface area contributed by atoms with E-state index in [1.807, 2.05) is 0 Å². The monoisotopic (exact) mass is 242 g/mol. The lowest BCUT2D eigenvalue weighted by atomic mass is 10.1. The van der Waals surface area contributed by atoms with E-state index in [4.69, 9.17) is 5.11 Å². The highest BCUT2D eigenvalue weighted by atomic mass is 16.3. The molecule has 0 aliphatic heterocycles. The molecule has 1 aromatic heterocycles. The van der Waals surface area contributed by atoms with Gasteiger partial charge in [-0.05, 0) is 6.42 Å². The molecule has 1 heterocycles. The second-order valence-corrected chi connectivity index (χ2v) is 4.24. The van der Waals surface area contributed by atoms with E-state index in [0.717, 1.165) is 0 Å². The number of hydrogen-bond acceptors (Lipinski definition) is 5. The van der Waals surface area contributed by atoms with Gasteiger partial charge in [-0.1, -0.05) is 0 Å². The first-order valence-electron chi connectivity index (χ1n) is 5.33. The zero-order valence-corrected chi connectivity index (χ0v) is 8.98. The summed E-state index contributed by atoms with van der Waals surface area (Å²) in [5.41, 5.74) is -1.15. The lowest BCUT2D eigenvalue weighted by Crippen LogP contribution is -2.37. The maximum Gasteiger partial charge on any atom is 0.328 e. The van der Waals surface area contributed by atoms with E-state index in [1.54, 1.807) is 0 Å². The van der Waals surface area contributed by atoms with Gasteiger partial charge in [-0.3, -0.25) is 14.3 Å². The number of nitrogens with one attached hydrogen (secondary N) is 1. The van der Waals surface area contributed by atoms with Crippen molar-refractivity contribution in [1.82, 2.24) is 9.55 Å². The fourth-order valence-electron chi connectivity index (χ4n) is 2.24. The number of rotatable bonds is 2. The number of aromatic nitrogens is 2. The molecule has 7 nitrogen and oxygen atoms in total. The third kappa shape index (κ3) is 2.04. The summed E-state index contributed by atoms with van der Waals surface area (Å²) in [6, 6.07) is 0.541. The van der Waals surface area contributed by atoms with Gasteiger partial charge in [-0.2, -0.15) is 0 Å². The molecule has 1 aromatic rings. The van der Waals surface area contributed by atoms with Crippen LogP contribution in [-0.4, -0.2) is 43.7 Å². The van der Waals surface area contributed by atoms with Crippen LogP contribution < -0.4 is 11.2 Å². The van der Waals surface area contributed by atoms with Crippen LogP contribution in [0, 0.1) is 5.92 Å². The Morgan fingerprint density at radius 1 is 1.35 bits per heavy atom. The minimum atomic E-state index is -1.13. The summed E-state index contributed by atoms with van der Waals surface area (Å²) in [7, 11) is 0. The number of aliphatic hydroxyl groups excluding tert-OH is 3. The second-order valence-electron chi connectivity index (χ2n) is 4.24. The van der Waals surface area contributed by atoms with Crippen LogP contribution in [0.2, 0.25) is 0 Å². The Hall–Kier alpha value is -1.44. The molecule has 94 valence electrons. The van der Waals surface area contributed by atoms with Gasteiger partial charge >= 0.3 is 5.69 Å². The van der Waals surface area contributed by atoms with Gasteiger partial charge in [-0.15, -0.1) is 0 Å². The van der Waals surface area contributed by atoms with Crippen LogP contribution in [-0.2, 0) is 0 Å². The molecule has 7 heteroatoms. The van der Waals surface area contributed by atoms with Crippen molar-refractivity contribution in [3.8, 4) is 0 Å². The standard InChI is InChI=1S/C10H14N2O5/c13-4-5-3-6(9(16)8(5)15)12-2-1-7(14)11-10(12)17/h1-2,5-6,8-9,13,15-16H,3-4H2,(H,11,14,17)/t5-,6-,8?,9-/m1/s1. The maximum atomic E-state index is 11.5. The first kappa shape index (κ1) is 12.0. The van der Waals surface area contributed by atoms with Crippen LogP contribution in [0.3, 0.4) is 0 Å². The molecule has 1 fully saturated rings. The van der Waals surface area contributed by atoms with Crippen LogP contribution in [0.1, 0.15) is 12.5 Å². The van der Waals surface area contributed by atoms with Gasteiger partial charge in [0.1, 0.15) is 6.10 Å². The van der Waals surface area contributed by atoms with Crippen molar-refractivity contribution in [2.45, 2.75) is 24.7 Å². The smallest absolute Gasteiger partial charge is 0.328 e. The second kappa shape index (κ2) is 4.44. The van der Waals surface area contributed by atoms with Crippen molar-refractivity contribution in [3.63, 3.8) is 0 Å². The Kier molecular flexibility index (Phi) is 3.14. The van der Waals surface area contributed by atoms with E-state index in [1.165, 1.54) is 16.8 Å². The molecular formula is C10H14N2O5. The highest BCUT2D eigenvalue weighted by Gasteiger charge is 2.42. The minimum absolute atomic E-state index is 0.257. The number of nitrogens with zero attached hydrogens (tertiary/aromatic N) is 1. The summed E-state index contributed by atoms with van der Waals surface area (Å²) in [5, 5.41) is 28.4. The summed E-state index contributed by atoms with van der Waals surface area (Å²) < 4.78 is 1.17. The van der Waals surface area contributed by atoms with Gasteiger partial charge in [-0.25, -0.2) is 4.79 Å². The van der Waals surface area contributed by atoms with E-state index in [-0.39, 0.29) is 13.0 Å². The zero-order valence-electron chi connectivity index (χ0n) is 8.98. The molecule has 1 unspecified atom stereocenters. The highest BCUT2D eigenvalue weighted by Crippen LogP contribution is 2.33. The molecule has 4 N–H and O–H groups in total. The zero-order chi connectivity index (χ0) is 12.6. The summed E-state index contributed by atoms with van der Waals surface area (Å²) >= 11 is 0. The van der Waals surface area contributed by atoms with Crippen molar-refractivity contribution in [2.75, 3.05) is 6.61 Å². The third-order valence-corrected chi connectivity index (χ3v) is 3.21. The number of aliphatic hydroxyl groups is 3. The molecule has 1 aliphatic carbocycles. The van der Waals surface area contributed by atoms with Crippen LogP contribution in [0.5, 0.6) is 0 Å². The highest BCUT2D eigenvalue weighted by molar-refractivity contribution is 4.97. The van der Waals surface area contributed by atoms with Crippen LogP contribution >= 0.6 is 0 Å². The lowest BCUT2D eigenvalue weighted by Gasteiger charge is -2.18. The van der Waals surface area contributed by atoms with Gasteiger partial charge in [0.2, 0.25) is 0 Å². The van der Waals surface area contributed by atoms with E-state index in [9.17, 15) is 19.8 Å². The Morgan fingerprint density at radius 3 is 2.59 bits per heavy atom. The fourth-order valence-corrected chi connectivity index (χ4v) is 2.24. The Bertz CT molecular complexity index is 508. The maximum absolute atomic E-state index is 11.5. The average Bonchev–Trinajstić information content (AvgIpc) is 2.57. The molecule has 0 saturated heterocycles. The van der Waals surface area contributed by atoms with Gasteiger partial charge in [0.25, 0.3) is 5.56 Å². The van der Waals surface area contributed by atoms with E-state index >= 15 is 0 Å². The molecule has 1 aliphatic rings. The van der Waals surface area contributed by atoms with Crippen molar-refractivity contribution in [1.29, 1.82) is 0 Å². The molecule has 0 spiro atoms. The molecule has 0 radical (unpaired) electrons. The topological polar surface area (TPSA) is 116 Å². The largest absolute Gasteiger partial charge is 0.396 e. The summed E-state index contributed by atoms with van der Waals surface area (Å²) in [4.78, 5) is 24.5. The number of aromatic amines is 1. The Labute approximate surface area is 96.0 Å². The van der Waals surface area contributed by atoms with Crippen LogP contribution in [0.15, 0.2) is 21.9 Å². The first-order valence-corrected chi connectivity index (χ1v) is 5.33. The van der Waals surface area contributed by atoms with Crippen molar-refractivity contribution < 1.29 is 15.3 Å². The molecule has 4 atom stereocenters. The summed E-state index contributed by atoms with van der Waals surface area (Å²) in [5.74, 6) is -0.464. The van der Waals surface area contributed by atoms with Gasteiger partial charge in [0, 0.05) is 24.8 Å². The predicted molar refractivity (Wildman–Crippen MR) is 57.6 cm³/mol. The molecule has 17 heavy (non-hydrogen) atoms. The summed E-state index contributed by atoms with van der Waals surface area (Å²) in [6.07, 6.45) is -0.633. The molecule has 1 saturated carbocycles. The van der Waals surface area contributed by atoms with Gasteiger partial charge < -0.3 is 15.3 Å². The van der Waals surface area contributed by atoms with Crippen molar-refractivity contribution in [3.05, 3.63) is 33.1 Å². The number of H-pyrrole nitrogens is 1. The quantitative estimate of drug-likeness (QED) is 0.470. The normalized spacial score (nSPS) is 32.9. The van der Waals surface area contributed by atoms with E-state index in [0.29, 0.717) is 0 Å². The third-order valence-electron chi connectivity index (χ3n) is 3.21. The SMILES string of the molecule is O=c1ccn([C@@H]2C[C@H](CO)C(O)[C@@H]2O)c(=O)[nH]1. The Balaban J connectivity index is 2.35. The number of hydrogen-bond donors (Lipinski definition) is 4. The molecule has 0 amide bonds. The van der Waals surface area contributed by atoms with E-state index in [2.05, 4.69) is 4.98 Å². The van der Waals surface area contributed by atoms with Crippen molar-refractivity contribution >= 4 is 0 Å². The lowest BCUT2D eigenvalue weighted by molar-refractivity contribution is -0.00455. The molecule has 0 aromatic carbocycles. The average molecular weight is 242 g/mol. The van der Waals surface area contributed by atoms with Crippen molar-refractivity contribution in [2.24, 2.45) is 5.92 Å². The summed E-state index contributed by atoms with van der Waals surface area (Å²) in [6.45, 7) is -0.257. The first-order chi connectivity index (χ1) is 8.04. The van der Waals surface area contributed by atoms with Crippen LogP contribution in [0.4, 0.5) is 0 Å². The molecule has 0 bridgehead atoms. The Morgan fingerprint density at radius 2 is 2.06 bits per heavy atom. The molecular weight excluding hydrogens is 228 g/mol.